The number of benzene rings is 1. The van der Waals surface area contributed by atoms with Gasteiger partial charge in [0.15, 0.2) is 0 Å². The van der Waals surface area contributed by atoms with Crippen LogP contribution in [0.25, 0.3) is 22.3 Å². The molecule has 0 unspecified atom stereocenters. The molecule has 0 aliphatic carbocycles. The molecule has 0 saturated carbocycles. The van der Waals surface area contributed by atoms with Gasteiger partial charge in [-0.15, -0.1) is 10.2 Å². The quantitative estimate of drug-likeness (QED) is 0.755. The Kier molecular flexibility index (Phi) is 3.12. The zero-order chi connectivity index (χ0) is 13.9. The first-order chi connectivity index (χ1) is 9.72. The van der Waals surface area contributed by atoms with Gasteiger partial charge >= 0.3 is 0 Å². The number of aromatic nitrogens is 4. The van der Waals surface area contributed by atoms with Gasteiger partial charge in [0.25, 0.3) is 0 Å². The van der Waals surface area contributed by atoms with Crippen LogP contribution in [0.3, 0.4) is 0 Å². The average molecular weight is 267 g/mol. The number of hydrogen-bond donors (Lipinski definition) is 2. The number of Topliss-reactive ketones (excluding diaryl/α,β-unsaturated/α-hetero) is 1. The van der Waals surface area contributed by atoms with E-state index in [1.54, 1.807) is 6.33 Å². The third-order valence-corrected chi connectivity index (χ3v) is 2.90. The summed E-state index contributed by atoms with van der Waals surface area (Å²) in [4.78, 5) is 18.1. The number of nitrogens with one attached hydrogen (secondary N) is 2. The molecule has 0 aliphatic rings. The van der Waals surface area contributed by atoms with Gasteiger partial charge in [-0.1, -0.05) is 6.07 Å². The Bertz CT molecular complexity index is 748. The zero-order valence-corrected chi connectivity index (χ0v) is 10.9. The first-order valence-corrected chi connectivity index (χ1v) is 6.23. The smallest absolute Gasteiger partial charge is 0.149 e. The summed E-state index contributed by atoms with van der Waals surface area (Å²) in [5.41, 5.74) is 3.62. The van der Waals surface area contributed by atoms with E-state index in [4.69, 9.17) is 0 Å². The highest BCUT2D eigenvalue weighted by Gasteiger charge is 2.04. The van der Waals surface area contributed by atoms with E-state index in [-0.39, 0.29) is 12.3 Å². The SMILES string of the molecule is CC(=O)CNc1ccc(-c2ccc3nc[nH]c3c2)nn1. The molecule has 0 atom stereocenters. The summed E-state index contributed by atoms with van der Waals surface area (Å²) in [6, 6.07) is 9.55. The predicted octanol–water partition coefficient (Wildman–Crippen LogP) is 2.02. The lowest BCUT2D eigenvalue weighted by atomic mass is 10.1. The third-order valence-electron chi connectivity index (χ3n) is 2.90. The van der Waals surface area contributed by atoms with Crippen molar-refractivity contribution in [1.82, 2.24) is 20.2 Å². The summed E-state index contributed by atoms with van der Waals surface area (Å²) in [6.45, 7) is 1.78. The van der Waals surface area contributed by atoms with Crippen molar-refractivity contribution in [2.75, 3.05) is 11.9 Å². The number of imidazole rings is 1. The highest BCUT2D eigenvalue weighted by molar-refractivity contribution is 5.81. The molecule has 3 rings (SSSR count). The normalized spacial score (nSPS) is 10.7. The summed E-state index contributed by atoms with van der Waals surface area (Å²) >= 11 is 0. The number of rotatable bonds is 4. The lowest BCUT2D eigenvalue weighted by Gasteiger charge is -2.04. The molecule has 0 spiro atoms. The average Bonchev–Trinajstić information content (AvgIpc) is 2.93. The standard InChI is InChI=1S/C14H13N5O/c1-9(20)7-15-14-5-4-11(18-19-14)10-2-3-12-13(6-10)17-8-16-12/h2-6,8H,7H2,1H3,(H,15,19)(H,16,17). The van der Waals surface area contributed by atoms with Crippen molar-refractivity contribution >= 4 is 22.6 Å². The Labute approximate surface area is 115 Å². The monoisotopic (exact) mass is 267 g/mol. The number of carbonyl (C=O) groups excluding carboxylic acids is 1. The maximum absolute atomic E-state index is 10.9. The molecule has 2 heterocycles. The van der Waals surface area contributed by atoms with Gasteiger partial charge in [-0.2, -0.15) is 0 Å². The zero-order valence-electron chi connectivity index (χ0n) is 10.9. The van der Waals surface area contributed by atoms with Crippen LogP contribution < -0.4 is 5.32 Å². The molecular weight excluding hydrogens is 254 g/mol. The van der Waals surface area contributed by atoms with E-state index < -0.39 is 0 Å². The minimum Gasteiger partial charge on any atom is -0.362 e. The number of ketones is 1. The third kappa shape index (κ3) is 2.49. The van der Waals surface area contributed by atoms with Crippen LogP contribution in [-0.4, -0.2) is 32.5 Å². The molecule has 1 aromatic carbocycles. The molecule has 0 amide bonds. The van der Waals surface area contributed by atoms with Crippen LogP contribution in [0, 0.1) is 0 Å². The second-order valence-corrected chi connectivity index (χ2v) is 4.49. The maximum atomic E-state index is 10.9. The Morgan fingerprint density at radius 3 is 2.90 bits per heavy atom. The van der Waals surface area contributed by atoms with Crippen LogP contribution in [0.2, 0.25) is 0 Å². The van der Waals surface area contributed by atoms with E-state index in [1.807, 2.05) is 30.3 Å². The lowest BCUT2D eigenvalue weighted by molar-refractivity contribution is -0.115. The number of aromatic amines is 1. The molecule has 2 aromatic heterocycles. The molecule has 0 fully saturated rings. The molecule has 2 N–H and O–H groups in total. The van der Waals surface area contributed by atoms with E-state index in [9.17, 15) is 4.79 Å². The summed E-state index contributed by atoms with van der Waals surface area (Å²) < 4.78 is 0. The van der Waals surface area contributed by atoms with E-state index >= 15 is 0 Å². The minimum atomic E-state index is 0.0561. The number of anilines is 1. The van der Waals surface area contributed by atoms with Crippen LogP contribution in [0.15, 0.2) is 36.7 Å². The molecule has 20 heavy (non-hydrogen) atoms. The molecule has 0 bridgehead atoms. The van der Waals surface area contributed by atoms with Crippen molar-refractivity contribution in [1.29, 1.82) is 0 Å². The van der Waals surface area contributed by atoms with Crippen LogP contribution >= 0.6 is 0 Å². The van der Waals surface area contributed by atoms with Crippen molar-refractivity contribution < 1.29 is 4.79 Å². The van der Waals surface area contributed by atoms with Crippen molar-refractivity contribution in [2.24, 2.45) is 0 Å². The van der Waals surface area contributed by atoms with Crippen LogP contribution in [-0.2, 0) is 4.79 Å². The van der Waals surface area contributed by atoms with Crippen molar-refractivity contribution in [2.45, 2.75) is 6.92 Å². The van der Waals surface area contributed by atoms with Crippen LogP contribution in [0.5, 0.6) is 0 Å². The summed E-state index contributed by atoms with van der Waals surface area (Å²) in [7, 11) is 0. The minimum absolute atomic E-state index is 0.0561. The molecule has 0 aliphatic heterocycles. The molecule has 3 aromatic rings. The number of fused-ring (bicyclic) bond motifs is 1. The van der Waals surface area contributed by atoms with Gasteiger partial charge in [0, 0.05) is 5.56 Å². The van der Waals surface area contributed by atoms with Crippen molar-refractivity contribution in [3.63, 3.8) is 0 Å². The van der Waals surface area contributed by atoms with Gasteiger partial charge < -0.3 is 10.3 Å². The highest BCUT2D eigenvalue weighted by atomic mass is 16.1. The Morgan fingerprint density at radius 2 is 2.15 bits per heavy atom. The number of nitrogens with zero attached hydrogens (tertiary/aromatic N) is 3. The number of carbonyl (C=O) groups is 1. The fourth-order valence-electron chi connectivity index (χ4n) is 1.89. The topological polar surface area (TPSA) is 83.6 Å². The molecule has 100 valence electrons. The largest absolute Gasteiger partial charge is 0.362 e. The van der Waals surface area contributed by atoms with Crippen LogP contribution in [0.4, 0.5) is 5.82 Å². The highest BCUT2D eigenvalue weighted by Crippen LogP contribution is 2.21. The number of H-pyrrole nitrogens is 1. The molecule has 6 nitrogen and oxygen atoms in total. The Hall–Kier alpha value is -2.76. The lowest BCUT2D eigenvalue weighted by Crippen LogP contribution is -2.11. The van der Waals surface area contributed by atoms with Crippen molar-refractivity contribution in [3.05, 3.63) is 36.7 Å². The van der Waals surface area contributed by atoms with Crippen molar-refractivity contribution in [3.8, 4) is 11.3 Å². The summed E-state index contributed by atoms with van der Waals surface area (Å²) in [5, 5.41) is 11.1. The summed E-state index contributed by atoms with van der Waals surface area (Å²) in [6.07, 6.45) is 1.66. The first-order valence-electron chi connectivity index (χ1n) is 6.23. The predicted molar refractivity (Wildman–Crippen MR) is 76.3 cm³/mol. The van der Waals surface area contributed by atoms with E-state index in [0.29, 0.717) is 5.82 Å². The molecular formula is C14H13N5O. The van der Waals surface area contributed by atoms with Crippen LogP contribution in [0.1, 0.15) is 6.92 Å². The van der Waals surface area contributed by atoms with E-state index in [2.05, 4.69) is 25.5 Å². The first kappa shape index (κ1) is 12.3. The molecule has 6 heteroatoms. The molecule has 0 radical (unpaired) electrons. The Balaban J connectivity index is 1.84. The van der Waals surface area contributed by atoms with Gasteiger partial charge in [-0.3, -0.25) is 4.79 Å². The fraction of sp³-hybridized carbons (Fsp3) is 0.143. The Morgan fingerprint density at radius 1 is 1.25 bits per heavy atom. The van der Waals surface area contributed by atoms with Gasteiger partial charge in [0.1, 0.15) is 11.6 Å². The second-order valence-electron chi connectivity index (χ2n) is 4.49. The van der Waals surface area contributed by atoms with E-state index in [0.717, 1.165) is 22.3 Å². The second kappa shape index (κ2) is 5.08. The van der Waals surface area contributed by atoms with Gasteiger partial charge in [0.2, 0.25) is 0 Å². The summed E-state index contributed by atoms with van der Waals surface area (Å²) in [5.74, 6) is 0.646. The van der Waals surface area contributed by atoms with Gasteiger partial charge in [-0.05, 0) is 31.2 Å². The van der Waals surface area contributed by atoms with Gasteiger partial charge in [0.05, 0.1) is 29.6 Å². The number of hydrogen-bond acceptors (Lipinski definition) is 5. The molecule has 0 saturated heterocycles. The fourth-order valence-corrected chi connectivity index (χ4v) is 1.89. The van der Waals surface area contributed by atoms with Gasteiger partial charge in [-0.25, -0.2) is 4.98 Å². The van der Waals surface area contributed by atoms with E-state index in [1.165, 1.54) is 6.92 Å². The maximum Gasteiger partial charge on any atom is 0.149 e.